The fraction of sp³-hybridized carbons (Fsp3) is 0.263. The van der Waals surface area contributed by atoms with Crippen LogP contribution in [0.4, 0.5) is 14.5 Å². The van der Waals surface area contributed by atoms with Crippen molar-refractivity contribution in [2.24, 2.45) is 0 Å². The van der Waals surface area contributed by atoms with Gasteiger partial charge in [0.1, 0.15) is 6.54 Å². The normalized spacial score (nSPS) is 17.8. The van der Waals surface area contributed by atoms with Gasteiger partial charge < -0.3 is 9.80 Å². The summed E-state index contributed by atoms with van der Waals surface area (Å²) in [6.45, 7) is 4.03. The van der Waals surface area contributed by atoms with Crippen molar-refractivity contribution in [3.63, 3.8) is 0 Å². The molecule has 25 heavy (non-hydrogen) atoms. The number of hydrogen-bond acceptors (Lipinski definition) is 2. The van der Waals surface area contributed by atoms with E-state index in [-0.39, 0.29) is 24.1 Å². The minimum Gasteiger partial charge on any atom is -0.325 e. The Labute approximate surface area is 144 Å². The van der Waals surface area contributed by atoms with Crippen LogP contribution in [0, 0.1) is 18.6 Å². The SMILES string of the molecule is Cc1ccc(N2CC(C)N(C(=O)c3ccc(F)c(F)c3)CC2=O)cc1. The molecule has 0 spiro atoms. The van der Waals surface area contributed by atoms with Crippen LogP contribution in [0.3, 0.4) is 0 Å². The largest absolute Gasteiger partial charge is 0.325 e. The third-order valence-corrected chi connectivity index (χ3v) is 4.36. The Kier molecular flexibility index (Phi) is 4.53. The lowest BCUT2D eigenvalue weighted by molar-refractivity contribution is -0.121. The Hall–Kier alpha value is -2.76. The minimum atomic E-state index is -1.08. The molecule has 0 aliphatic carbocycles. The predicted molar refractivity (Wildman–Crippen MR) is 90.4 cm³/mol. The monoisotopic (exact) mass is 344 g/mol. The van der Waals surface area contributed by atoms with Crippen LogP contribution >= 0.6 is 0 Å². The smallest absolute Gasteiger partial charge is 0.254 e. The molecule has 0 bridgehead atoms. The standard InChI is InChI=1S/C19H18F2N2O2/c1-12-3-6-15(7-4-12)23-10-13(2)22(11-18(23)24)19(25)14-5-8-16(20)17(21)9-14/h3-9,13H,10-11H2,1-2H3. The van der Waals surface area contributed by atoms with Crippen LogP contribution < -0.4 is 4.90 Å². The summed E-state index contributed by atoms with van der Waals surface area (Å²) in [5.41, 5.74) is 1.90. The van der Waals surface area contributed by atoms with Crippen molar-refractivity contribution in [3.05, 3.63) is 65.2 Å². The van der Waals surface area contributed by atoms with Crippen molar-refractivity contribution in [2.45, 2.75) is 19.9 Å². The summed E-state index contributed by atoms with van der Waals surface area (Å²) in [7, 11) is 0. The van der Waals surface area contributed by atoms with E-state index in [1.54, 1.807) is 4.90 Å². The van der Waals surface area contributed by atoms with Gasteiger partial charge in [0.15, 0.2) is 11.6 Å². The average Bonchev–Trinajstić information content (AvgIpc) is 2.59. The number of carbonyl (C=O) groups is 2. The van der Waals surface area contributed by atoms with E-state index in [1.807, 2.05) is 38.1 Å². The summed E-state index contributed by atoms with van der Waals surface area (Å²) in [6.07, 6.45) is 0. The molecule has 3 rings (SSSR count). The zero-order valence-corrected chi connectivity index (χ0v) is 14.0. The minimum absolute atomic E-state index is 0.0299. The van der Waals surface area contributed by atoms with Gasteiger partial charge in [-0.2, -0.15) is 0 Å². The first-order chi connectivity index (χ1) is 11.9. The van der Waals surface area contributed by atoms with Crippen LogP contribution in [0.5, 0.6) is 0 Å². The molecule has 1 heterocycles. The number of rotatable bonds is 2. The third-order valence-electron chi connectivity index (χ3n) is 4.36. The van der Waals surface area contributed by atoms with E-state index in [0.717, 1.165) is 23.4 Å². The van der Waals surface area contributed by atoms with Crippen LogP contribution in [0.1, 0.15) is 22.8 Å². The van der Waals surface area contributed by atoms with Crippen LogP contribution in [0.15, 0.2) is 42.5 Å². The highest BCUT2D eigenvalue weighted by molar-refractivity contribution is 6.02. The van der Waals surface area contributed by atoms with Gasteiger partial charge in [-0.25, -0.2) is 8.78 Å². The maximum atomic E-state index is 13.4. The highest BCUT2D eigenvalue weighted by atomic mass is 19.2. The van der Waals surface area contributed by atoms with Gasteiger partial charge in [-0.15, -0.1) is 0 Å². The van der Waals surface area contributed by atoms with Gasteiger partial charge >= 0.3 is 0 Å². The van der Waals surface area contributed by atoms with Crippen LogP contribution in [-0.4, -0.2) is 35.8 Å². The molecule has 0 saturated carbocycles. The Morgan fingerprint density at radius 2 is 1.76 bits per heavy atom. The zero-order chi connectivity index (χ0) is 18.1. The third kappa shape index (κ3) is 3.38. The maximum Gasteiger partial charge on any atom is 0.254 e. The Morgan fingerprint density at radius 3 is 2.40 bits per heavy atom. The molecule has 1 aliphatic heterocycles. The molecule has 2 amide bonds. The van der Waals surface area contributed by atoms with E-state index in [2.05, 4.69) is 0 Å². The van der Waals surface area contributed by atoms with Crippen molar-refractivity contribution in [2.75, 3.05) is 18.0 Å². The maximum absolute atomic E-state index is 13.4. The van der Waals surface area contributed by atoms with Gasteiger partial charge in [0.2, 0.25) is 5.91 Å². The molecular weight excluding hydrogens is 326 g/mol. The quantitative estimate of drug-likeness (QED) is 0.840. The lowest BCUT2D eigenvalue weighted by Crippen LogP contribution is -2.57. The Bertz CT molecular complexity index is 821. The van der Waals surface area contributed by atoms with E-state index in [1.165, 1.54) is 11.0 Å². The topological polar surface area (TPSA) is 40.6 Å². The second kappa shape index (κ2) is 6.63. The molecule has 1 unspecified atom stereocenters. The van der Waals surface area contributed by atoms with Crippen molar-refractivity contribution in [1.82, 2.24) is 4.90 Å². The molecular formula is C19H18F2N2O2. The van der Waals surface area contributed by atoms with Gasteiger partial charge in [0.25, 0.3) is 5.91 Å². The number of aryl methyl sites for hydroxylation is 1. The highest BCUT2D eigenvalue weighted by Gasteiger charge is 2.33. The second-order valence-electron chi connectivity index (χ2n) is 6.25. The van der Waals surface area contributed by atoms with Crippen molar-refractivity contribution < 1.29 is 18.4 Å². The lowest BCUT2D eigenvalue weighted by Gasteiger charge is -2.39. The van der Waals surface area contributed by atoms with E-state index in [0.29, 0.717) is 6.54 Å². The van der Waals surface area contributed by atoms with Crippen molar-refractivity contribution >= 4 is 17.5 Å². The average molecular weight is 344 g/mol. The molecule has 6 heteroatoms. The molecule has 2 aromatic rings. The fourth-order valence-electron chi connectivity index (χ4n) is 2.89. The summed E-state index contributed by atoms with van der Waals surface area (Å²) >= 11 is 0. The van der Waals surface area contributed by atoms with Crippen molar-refractivity contribution in [1.29, 1.82) is 0 Å². The first-order valence-corrected chi connectivity index (χ1v) is 8.00. The summed E-state index contributed by atoms with van der Waals surface area (Å²) in [6, 6.07) is 10.3. The summed E-state index contributed by atoms with van der Waals surface area (Å²) in [4.78, 5) is 28.1. The first-order valence-electron chi connectivity index (χ1n) is 8.00. The van der Waals surface area contributed by atoms with Gasteiger partial charge in [0, 0.05) is 23.8 Å². The molecule has 2 aromatic carbocycles. The van der Waals surface area contributed by atoms with E-state index in [4.69, 9.17) is 0 Å². The van der Waals surface area contributed by atoms with Crippen LogP contribution in [0.2, 0.25) is 0 Å². The van der Waals surface area contributed by atoms with E-state index >= 15 is 0 Å². The molecule has 1 saturated heterocycles. The number of benzene rings is 2. The van der Waals surface area contributed by atoms with Gasteiger partial charge in [-0.3, -0.25) is 9.59 Å². The Balaban J connectivity index is 1.79. The molecule has 1 fully saturated rings. The van der Waals surface area contributed by atoms with Crippen molar-refractivity contribution in [3.8, 4) is 0 Å². The molecule has 1 aliphatic rings. The number of anilines is 1. The number of amides is 2. The molecule has 0 N–H and O–H groups in total. The number of nitrogens with zero attached hydrogens (tertiary/aromatic N) is 2. The fourth-order valence-corrected chi connectivity index (χ4v) is 2.89. The number of piperazine rings is 1. The number of carbonyl (C=O) groups excluding carboxylic acids is 2. The predicted octanol–water partition coefficient (Wildman–Crippen LogP) is 3.15. The van der Waals surface area contributed by atoms with Gasteiger partial charge in [0.05, 0.1) is 0 Å². The van der Waals surface area contributed by atoms with E-state index in [9.17, 15) is 18.4 Å². The second-order valence-corrected chi connectivity index (χ2v) is 6.25. The number of halogens is 2. The first kappa shape index (κ1) is 17.1. The van der Waals surface area contributed by atoms with Gasteiger partial charge in [-0.05, 0) is 44.2 Å². The summed E-state index contributed by atoms with van der Waals surface area (Å²) < 4.78 is 26.4. The Morgan fingerprint density at radius 1 is 1.08 bits per heavy atom. The summed E-state index contributed by atoms with van der Waals surface area (Å²) in [5, 5.41) is 0. The van der Waals surface area contributed by atoms with Crippen LogP contribution in [-0.2, 0) is 4.79 Å². The lowest BCUT2D eigenvalue weighted by atomic mass is 10.1. The van der Waals surface area contributed by atoms with Crippen LogP contribution in [0.25, 0.3) is 0 Å². The highest BCUT2D eigenvalue weighted by Crippen LogP contribution is 2.22. The molecule has 130 valence electrons. The summed E-state index contributed by atoms with van der Waals surface area (Å²) in [5.74, 6) is -2.78. The molecule has 0 aromatic heterocycles. The molecule has 4 nitrogen and oxygen atoms in total. The van der Waals surface area contributed by atoms with E-state index < -0.39 is 17.5 Å². The number of hydrogen-bond donors (Lipinski definition) is 0. The zero-order valence-electron chi connectivity index (χ0n) is 14.0. The molecule has 1 atom stereocenters. The van der Waals surface area contributed by atoms with Gasteiger partial charge in [-0.1, -0.05) is 17.7 Å². The molecule has 0 radical (unpaired) electrons.